The number of halogens is 1. The number of nitrogens with one attached hydrogen (secondary N) is 1. The average molecular weight is 381 g/mol. The van der Waals surface area contributed by atoms with E-state index in [1.54, 1.807) is 6.92 Å². The molecular formula is C18H19ClNO6-. The molecule has 0 aliphatic carbocycles. The molecular weight excluding hydrogens is 362 g/mol. The molecule has 7 nitrogen and oxygen atoms in total. The minimum Gasteiger partial charge on any atom is -0.548 e. The molecule has 1 atom stereocenters. The molecule has 0 saturated carbocycles. The number of phenols is 1. The van der Waals surface area contributed by atoms with Crippen molar-refractivity contribution in [1.82, 2.24) is 5.32 Å². The van der Waals surface area contributed by atoms with Crippen LogP contribution in [-0.4, -0.2) is 23.0 Å². The maximum absolute atomic E-state index is 12.2. The highest BCUT2D eigenvalue weighted by Crippen LogP contribution is 2.30. The van der Waals surface area contributed by atoms with E-state index in [4.69, 9.17) is 16.0 Å². The minimum absolute atomic E-state index is 0.0847. The first kappa shape index (κ1) is 19.8. The zero-order valence-electron chi connectivity index (χ0n) is 14.4. The van der Waals surface area contributed by atoms with Gasteiger partial charge in [-0.15, -0.1) is 0 Å². The summed E-state index contributed by atoms with van der Waals surface area (Å²) in [5.74, 6) is -2.20. The third kappa shape index (κ3) is 4.35. The summed E-state index contributed by atoms with van der Waals surface area (Å²) < 4.78 is 5.14. The SMILES string of the molecule is CCCC[C@H](NC(=O)Cc1c(C)c2cc(Cl)c(O)cc2oc1=O)C(=O)[O-]. The minimum atomic E-state index is -1.36. The molecule has 0 bridgehead atoms. The fourth-order valence-corrected chi connectivity index (χ4v) is 2.83. The molecule has 8 heteroatoms. The lowest BCUT2D eigenvalue weighted by Crippen LogP contribution is -2.48. The molecule has 0 unspecified atom stereocenters. The largest absolute Gasteiger partial charge is 0.548 e. The van der Waals surface area contributed by atoms with E-state index in [1.165, 1.54) is 12.1 Å². The third-order valence-corrected chi connectivity index (χ3v) is 4.46. The van der Waals surface area contributed by atoms with Gasteiger partial charge in [-0.3, -0.25) is 4.79 Å². The fraction of sp³-hybridized carbons (Fsp3) is 0.389. The maximum Gasteiger partial charge on any atom is 0.340 e. The lowest BCUT2D eigenvalue weighted by molar-refractivity contribution is -0.308. The number of fused-ring (bicyclic) bond motifs is 1. The number of carboxylic acid groups (broad SMARTS) is 1. The van der Waals surface area contributed by atoms with Crippen LogP contribution in [0.1, 0.15) is 37.3 Å². The number of carboxylic acids is 1. The van der Waals surface area contributed by atoms with Crippen molar-refractivity contribution >= 4 is 34.4 Å². The van der Waals surface area contributed by atoms with Crippen LogP contribution in [0.5, 0.6) is 5.75 Å². The van der Waals surface area contributed by atoms with Crippen molar-refractivity contribution in [2.75, 3.05) is 0 Å². The van der Waals surface area contributed by atoms with E-state index in [-0.39, 0.29) is 34.8 Å². The van der Waals surface area contributed by atoms with Crippen LogP contribution in [0.3, 0.4) is 0 Å². The molecule has 0 aliphatic rings. The van der Waals surface area contributed by atoms with E-state index >= 15 is 0 Å². The maximum atomic E-state index is 12.2. The summed E-state index contributed by atoms with van der Waals surface area (Å²) in [5, 5.41) is 23.7. The van der Waals surface area contributed by atoms with Gasteiger partial charge in [-0.1, -0.05) is 31.4 Å². The summed E-state index contributed by atoms with van der Waals surface area (Å²) in [5.41, 5.74) is -0.00393. The lowest BCUT2D eigenvalue weighted by atomic mass is 10.0. The highest BCUT2D eigenvalue weighted by molar-refractivity contribution is 6.32. The Morgan fingerprint density at radius 2 is 2.08 bits per heavy atom. The second-order valence-electron chi connectivity index (χ2n) is 6.05. The Labute approximate surface area is 154 Å². The summed E-state index contributed by atoms with van der Waals surface area (Å²) in [6.07, 6.45) is 1.32. The lowest BCUT2D eigenvalue weighted by Gasteiger charge is -2.19. The Morgan fingerprint density at radius 1 is 1.38 bits per heavy atom. The van der Waals surface area contributed by atoms with Crippen molar-refractivity contribution in [3.05, 3.63) is 38.7 Å². The van der Waals surface area contributed by atoms with Crippen LogP contribution in [0.15, 0.2) is 21.3 Å². The van der Waals surface area contributed by atoms with E-state index in [2.05, 4.69) is 5.32 Å². The van der Waals surface area contributed by atoms with Crippen molar-refractivity contribution in [3.8, 4) is 5.75 Å². The molecule has 1 aromatic carbocycles. The van der Waals surface area contributed by atoms with Crippen molar-refractivity contribution in [2.24, 2.45) is 0 Å². The Kier molecular flexibility index (Phi) is 6.26. The number of aromatic hydroxyl groups is 1. The average Bonchev–Trinajstić information content (AvgIpc) is 2.57. The summed E-state index contributed by atoms with van der Waals surface area (Å²) in [4.78, 5) is 35.5. The highest BCUT2D eigenvalue weighted by atomic mass is 35.5. The number of aryl methyl sites for hydroxylation is 1. The van der Waals surface area contributed by atoms with E-state index in [0.29, 0.717) is 17.4 Å². The zero-order valence-corrected chi connectivity index (χ0v) is 15.2. The fourth-order valence-electron chi connectivity index (χ4n) is 2.67. The van der Waals surface area contributed by atoms with E-state index in [1.807, 2.05) is 6.92 Å². The molecule has 0 radical (unpaired) electrons. The second kappa shape index (κ2) is 8.23. The first-order valence-electron chi connectivity index (χ1n) is 8.19. The molecule has 0 spiro atoms. The van der Waals surface area contributed by atoms with Crippen LogP contribution in [-0.2, 0) is 16.0 Å². The van der Waals surface area contributed by atoms with Gasteiger partial charge in [0.15, 0.2) is 0 Å². The van der Waals surface area contributed by atoms with Gasteiger partial charge < -0.3 is 24.7 Å². The van der Waals surface area contributed by atoms with Crippen LogP contribution in [0, 0.1) is 6.92 Å². The number of carbonyl (C=O) groups is 2. The van der Waals surface area contributed by atoms with E-state index in [0.717, 1.165) is 6.42 Å². The molecule has 1 heterocycles. The first-order valence-corrected chi connectivity index (χ1v) is 8.57. The van der Waals surface area contributed by atoms with Gasteiger partial charge in [0, 0.05) is 11.5 Å². The number of hydrogen-bond donors (Lipinski definition) is 2. The normalized spacial score (nSPS) is 12.1. The molecule has 0 aliphatic heterocycles. The molecule has 26 heavy (non-hydrogen) atoms. The van der Waals surface area contributed by atoms with Crippen molar-refractivity contribution in [3.63, 3.8) is 0 Å². The monoisotopic (exact) mass is 380 g/mol. The number of aliphatic carboxylic acids is 1. The number of phenolic OH excluding ortho intramolecular Hbond substituents is 1. The molecule has 140 valence electrons. The Hall–Kier alpha value is -2.54. The van der Waals surface area contributed by atoms with Crippen molar-refractivity contribution < 1.29 is 24.2 Å². The summed E-state index contributed by atoms with van der Waals surface area (Å²) in [6, 6.07) is 1.56. The van der Waals surface area contributed by atoms with Crippen LogP contribution < -0.4 is 16.0 Å². The molecule has 2 N–H and O–H groups in total. The summed E-state index contributed by atoms with van der Waals surface area (Å²) in [7, 11) is 0. The molecule has 1 aromatic heterocycles. The standard InChI is InChI=1S/C18H20ClNO6/c1-3-4-5-13(17(23)24)20-16(22)7-11-9(2)10-6-12(19)14(21)8-15(10)26-18(11)25/h6,8,13,21H,3-5,7H2,1-2H3,(H,20,22)(H,23,24)/p-1/t13-/m0/s1. The highest BCUT2D eigenvalue weighted by Gasteiger charge is 2.19. The molecule has 2 rings (SSSR count). The quantitative estimate of drug-likeness (QED) is 0.701. The van der Waals surface area contributed by atoms with Gasteiger partial charge >= 0.3 is 5.63 Å². The summed E-state index contributed by atoms with van der Waals surface area (Å²) >= 11 is 5.89. The van der Waals surface area contributed by atoms with E-state index in [9.17, 15) is 24.6 Å². The van der Waals surface area contributed by atoms with Gasteiger partial charge in [0.2, 0.25) is 5.91 Å². The van der Waals surface area contributed by atoms with Gasteiger partial charge in [0.05, 0.1) is 29.0 Å². The van der Waals surface area contributed by atoms with Gasteiger partial charge in [0.25, 0.3) is 0 Å². The van der Waals surface area contributed by atoms with Crippen molar-refractivity contribution in [2.45, 2.75) is 45.6 Å². The smallest absolute Gasteiger partial charge is 0.340 e. The number of amides is 1. The Morgan fingerprint density at radius 3 is 2.69 bits per heavy atom. The van der Waals surface area contributed by atoms with Gasteiger partial charge in [-0.2, -0.15) is 0 Å². The zero-order chi connectivity index (χ0) is 19.4. The number of hydrogen-bond acceptors (Lipinski definition) is 6. The van der Waals surface area contributed by atoms with Crippen LogP contribution in [0.2, 0.25) is 5.02 Å². The summed E-state index contributed by atoms with van der Waals surface area (Å²) in [6.45, 7) is 3.53. The number of rotatable bonds is 7. The molecule has 0 saturated heterocycles. The van der Waals surface area contributed by atoms with Crippen molar-refractivity contribution in [1.29, 1.82) is 0 Å². The molecule has 1 amide bonds. The van der Waals surface area contributed by atoms with Gasteiger partial charge in [-0.25, -0.2) is 4.79 Å². The Balaban J connectivity index is 2.29. The predicted molar refractivity (Wildman–Crippen MR) is 94.1 cm³/mol. The first-order chi connectivity index (χ1) is 12.2. The third-order valence-electron chi connectivity index (χ3n) is 4.16. The van der Waals surface area contributed by atoms with Crippen LogP contribution in [0.4, 0.5) is 0 Å². The van der Waals surface area contributed by atoms with Crippen LogP contribution in [0.25, 0.3) is 11.0 Å². The predicted octanol–water partition coefficient (Wildman–Crippen LogP) is 1.43. The van der Waals surface area contributed by atoms with E-state index < -0.39 is 23.5 Å². The van der Waals surface area contributed by atoms with Gasteiger partial charge in [-0.05, 0) is 25.0 Å². The number of unbranched alkanes of at least 4 members (excludes halogenated alkanes) is 1. The number of benzene rings is 1. The second-order valence-corrected chi connectivity index (χ2v) is 6.46. The molecule has 2 aromatic rings. The van der Waals surface area contributed by atoms with Gasteiger partial charge in [0.1, 0.15) is 11.3 Å². The van der Waals surface area contributed by atoms with Crippen LogP contribution >= 0.6 is 11.6 Å². The molecule has 0 fully saturated rings. The number of carbonyl (C=O) groups excluding carboxylic acids is 2. The topological polar surface area (TPSA) is 120 Å². The Bertz CT molecular complexity index is 905.